The lowest BCUT2D eigenvalue weighted by atomic mass is 10.0. The Balaban J connectivity index is 1.75. The van der Waals surface area contributed by atoms with Gasteiger partial charge in [-0.05, 0) is 49.7 Å². The van der Waals surface area contributed by atoms with Gasteiger partial charge in [0.05, 0.1) is 0 Å². The van der Waals surface area contributed by atoms with E-state index in [9.17, 15) is 0 Å². The van der Waals surface area contributed by atoms with E-state index in [1.807, 2.05) is 11.3 Å². The molecule has 0 aliphatic heterocycles. The van der Waals surface area contributed by atoms with Crippen LogP contribution in [0.5, 0.6) is 0 Å². The smallest absolute Gasteiger partial charge is 0.00706 e. The SMILES string of the molecule is CNC(CCc1ccccc1)CCc1cccs1. The van der Waals surface area contributed by atoms with E-state index in [2.05, 4.69) is 60.2 Å². The molecular formula is C16H21NS. The van der Waals surface area contributed by atoms with E-state index in [1.54, 1.807) is 0 Å². The molecule has 1 unspecified atom stereocenters. The van der Waals surface area contributed by atoms with Gasteiger partial charge in [0.1, 0.15) is 0 Å². The number of rotatable bonds is 7. The van der Waals surface area contributed by atoms with E-state index in [-0.39, 0.29) is 0 Å². The van der Waals surface area contributed by atoms with E-state index >= 15 is 0 Å². The van der Waals surface area contributed by atoms with Gasteiger partial charge in [-0.25, -0.2) is 0 Å². The fourth-order valence-corrected chi connectivity index (χ4v) is 2.91. The van der Waals surface area contributed by atoms with Gasteiger partial charge in [0, 0.05) is 10.9 Å². The standard InChI is InChI=1S/C16H21NS/c1-17-15(11-12-16-8-5-13-18-16)10-9-14-6-3-2-4-7-14/h2-8,13,15,17H,9-12H2,1H3. The Morgan fingerprint density at radius 1 is 1.00 bits per heavy atom. The Morgan fingerprint density at radius 2 is 1.78 bits per heavy atom. The summed E-state index contributed by atoms with van der Waals surface area (Å²) in [6.07, 6.45) is 4.80. The van der Waals surface area contributed by atoms with Crippen molar-refractivity contribution in [3.05, 3.63) is 58.3 Å². The van der Waals surface area contributed by atoms with Gasteiger partial charge in [-0.3, -0.25) is 0 Å². The molecule has 1 aromatic heterocycles. The molecule has 2 rings (SSSR count). The van der Waals surface area contributed by atoms with E-state index in [4.69, 9.17) is 0 Å². The summed E-state index contributed by atoms with van der Waals surface area (Å²) in [5, 5.41) is 5.60. The molecule has 0 saturated heterocycles. The number of nitrogens with one attached hydrogen (secondary N) is 1. The maximum atomic E-state index is 3.44. The van der Waals surface area contributed by atoms with Crippen molar-refractivity contribution in [2.24, 2.45) is 0 Å². The van der Waals surface area contributed by atoms with E-state index in [0.717, 1.165) is 6.42 Å². The molecule has 0 radical (unpaired) electrons. The first-order chi connectivity index (χ1) is 8.88. The van der Waals surface area contributed by atoms with Crippen LogP contribution in [-0.4, -0.2) is 13.1 Å². The van der Waals surface area contributed by atoms with Gasteiger partial charge in [-0.2, -0.15) is 0 Å². The Labute approximate surface area is 114 Å². The largest absolute Gasteiger partial charge is 0.317 e. The van der Waals surface area contributed by atoms with E-state index in [1.165, 1.54) is 29.7 Å². The van der Waals surface area contributed by atoms with Gasteiger partial charge >= 0.3 is 0 Å². The van der Waals surface area contributed by atoms with Crippen molar-refractivity contribution in [2.75, 3.05) is 7.05 Å². The van der Waals surface area contributed by atoms with E-state index in [0.29, 0.717) is 6.04 Å². The number of benzene rings is 1. The highest BCUT2D eigenvalue weighted by Gasteiger charge is 2.07. The second-order valence-electron chi connectivity index (χ2n) is 4.63. The molecule has 1 nitrogen and oxygen atoms in total. The zero-order chi connectivity index (χ0) is 12.6. The third-order valence-electron chi connectivity index (χ3n) is 3.35. The number of hydrogen-bond donors (Lipinski definition) is 1. The second kappa shape index (κ2) is 7.34. The van der Waals surface area contributed by atoms with Crippen molar-refractivity contribution in [1.29, 1.82) is 0 Å². The summed E-state index contributed by atoms with van der Waals surface area (Å²) in [5.41, 5.74) is 1.44. The monoisotopic (exact) mass is 259 g/mol. The maximum absolute atomic E-state index is 3.44. The van der Waals surface area contributed by atoms with Crippen molar-refractivity contribution in [3.63, 3.8) is 0 Å². The molecule has 1 atom stereocenters. The minimum absolute atomic E-state index is 0.618. The van der Waals surface area contributed by atoms with Crippen molar-refractivity contribution in [3.8, 4) is 0 Å². The molecule has 0 bridgehead atoms. The summed E-state index contributed by atoms with van der Waals surface area (Å²) in [6.45, 7) is 0. The number of thiophene rings is 1. The molecule has 1 aromatic carbocycles. The van der Waals surface area contributed by atoms with Crippen LogP contribution in [0.15, 0.2) is 47.8 Å². The number of aryl methyl sites for hydroxylation is 2. The lowest BCUT2D eigenvalue weighted by Gasteiger charge is -2.15. The topological polar surface area (TPSA) is 12.0 Å². The van der Waals surface area contributed by atoms with Crippen LogP contribution < -0.4 is 5.32 Å². The lowest BCUT2D eigenvalue weighted by Crippen LogP contribution is -2.26. The minimum Gasteiger partial charge on any atom is -0.317 e. The first-order valence-corrected chi connectivity index (χ1v) is 7.50. The zero-order valence-electron chi connectivity index (χ0n) is 10.9. The van der Waals surface area contributed by atoms with E-state index < -0.39 is 0 Å². The predicted molar refractivity (Wildman–Crippen MR) is 80.3 cm³/mol. The van der Waals surface area contributed by atoms with Crippen molar-refractivity contribution in [2.45, 2.75) is 31.7 Å². The molecule has 0 saturated carbocycles. The van der Waals surface area contributed by atoms with Crippen molar-refractivity contribution < 1.29 is 0 Å². The summed E-state index contributed by atoms with van der Waals surface area (Å²) in [4.78, 5) is 1.50. The summed E-state index contributed by atoms with van der Waals surface area (Å²) >= 11 is 1.86. The first kappa shape index (κ1) is 13.3. The molecule has 2 aromatic rings. The Kier molecular flexibility index (Phi) is 5.43. The van der Waals surface area contributed by atoms with Crippen molar-refractivity contribution in [1.82, 2.24) is 5.32 Å². The van der Waals surface area contributed by atoms with Gasteiger partial charge < -0.3 is 5.32 Å². The summed E-state index contributed by atoms with van der Waals surface area (Å²) in [5.74, 6) is 0. The molecular weight excluding hydrogens is 238 g/mol. The highest BCUT2D eigenvalue weighted by Crippen LogP contribution is 2.14. The molecule has 0 aliphatic carbocycles. The van der Waals surface area contributed by atoms with Crippen LogP contribution in [0.4, 0.5) is 0 Å². The predicted octanol–water partition coefficient (Wildman–Crippen LogP) is 3.90. The van der Waals surface area contributed by atoms with Crippen LogP contribution >= 0.6 is 11.3 Å². The Hall–Kier alpha value is -1.12. The molecule has 18 heavy (non-hydrogen) atoms. The molecule has 0 fully saturated rings. The van der Waals surface area contributed by atoms with Crippen molar-refractivity contribution >= 4 is 11.3 Å². The van der Waals surface area contributed by atoms with Gasteiger partial charge in [0.25, 0.3) is 0 Å². The third kappa shape index (κ3) is 4.28. The minimum atomic E-state index is 0.618. The summed E-state index contributed by atoms with van der Waals surface area (Å²) in [6, 6.07) is 15.7. The zero-order valence-corrected chi connectivity index (χ0v) is 11.7. The third-order valence-corrected chi connectivity index (χ3v) is 4.29. The highest BCUT2D eigenvalue weighted by atomic mass is 32.1. The fourth-order valence-electron chi connectivity index (χ4n) is 2.19. The van der Waals surface area contributed by atoms with Gasteiger partial charge in [0.2, 0.25) is 0 Å². The Morgan fingerprint density at radius 3 is 2.44 bits per heavy atom. The van der Waals surface area contributed by atoms with Crippen LogP contribution in [0.3, 0.4) is 0 Å². The van der Waals surface area contributed by atoms with Crippen LogP contribution in [0.25, 0.3) is 0 Å². The van der Waals surface area contributed by atoms with Gasteiger partial charge in [0.15, 0.2) is 0 Å². The quantitative estimate of drug-likeness (QED) is 0.795. The normalized spacial score (nSPS) is 12.5. The average molecular weight is 259 g/mol. The first-order valence-electron chi connectivity index (χ1n) is 6.62. The molecule has 1 N–H and O–H groups in total. The second-order valence-corrected chi connectivity index (χ2v) is 5.66. The summed E-state index contributed by atoms with van der Waals surface area (Å²) in [7, 11) is 2.07. The Bertz CT molecular complexity index is 422. The molecule has 0 spiro atoms. The average Bonchev–Trinajstić information content (AvgIpc) is 2.93. The fraction of sp³-hybridized carbons (Fsp3) is 0.375. The number of hydrogen-bond acceptors (Lipinski definition) is 2. The molecule has 96 valence electrons. The van der Waals surface area contributed by atoms with Gasteiger partial charge in [-0.15, -0.1) is 11.3 Å². The van der Waals surface area contributed by atoms with Crippen LogP contribution in [-0.2, 0) is 12.8 Å². The molecule has 0 amide bonds. The molecule has 2 heteroatoms. The van der Waals surface area contributed by atoms with Crippen LogP contribution in [0.2, 0.25) is 0 Å². The molecule has 1 heterocycles. The maximum Gasteiger partial charge on any atom is 0.00706 e. The van der Waals surface area contributed by atoms with Crippen LogP contribution in [0.1, 0.15) is 23.3 Å². The summed E-state index contributed by atoms with van der Waals surface area (Å²) < 4.78 is 0. The van der Waals surface area contributed by atoms with Crippen LogP contribution in [0, 0.1) is 0 Å². The highest BCUT2D eigenvalue weighted by molar-refractivity contribution is 7.09. The van der Waals surface area contributed by atoms with Gasteiger partial charge in [-0.1, -0.05) is 36.4 Å². The lowest BCUT2D eigenvalue weighted by molar-refractivity contribution is 0.491. The molecule has 0 aliphatic rings.